The van der Waals surface area contributed by atoms with Gasteiger partial charge in [-0.05, 0) is 18.1 Å². The number of ether oxygens (including phenoxy) is 1. The number of hydroxylamine groups is 2. The molecule has 0 aromatic rings. The first-order chi connectivity index (χ1) is 4.63. The lowest BCUT2D eigenvalue weighted by molar-refractivity contribution is -0.419. The zero-order chi connectivity index (χ0) is 8.20. The predicted molar refractivity (Wildman–Crippen MR) is 35.7 cm³/mol. The Bertz CT molecular complexity index is 82.7. The van der Waals surface area contributed by atoms with Crippen LogP contribution in [0.15, 0.2) is 0 Å². The molecule has 0 atom stereocenters. The SMILES string of the molecule is CCC(CC)(OC)N(O)O. The van der Waals surface area contributed by atoms with Gasteiger partial charge in [0.2, 0.25) is 0 Å². The lowest BCUT2D eigenvalue weighted by Crippen LogP contribution is -2.45. The van der Waals surface area contributed by atoms with Crippen molar-refractivity contribution in [3.8, 4) is 0 Å². The van der Waals surface area contributed by atoms with E-state index >= 15 is 0 Å². The molecule has 0 spiro atoms. The molecule has 10 heavy (non-hydrogen) atoms. The second-order valence-electron chi connectivity index (χ2n) is 2.15. The molecule has 0 radical (unpaired) electrons. The maximum Gasteiger partial charge on any atom is 0.169 e. The molecule has 0 saturated heterocycles. The molecule has 0 saturated carbocycles. The van der Waals surface area contributed by atoms with Gasteiger partial charge in [-0.25, -0.2) is 0 Å². The van der Waals surface area contributed by atoms with Crippen LogP contribution in [-0.2, 0) is 4.74 Å². The molecule has 0 fully saturated rings. The second-order valence-corrected chi connectivity index (χ2v) is 2.15. The van der Waals surface area contributed by atoms with Crippen LogP contribution in [0.3, 0.4) is 0 Å². The molecule has 0 rings (SSSR count). The lowest BCUT2D eigenvalue weighted by atomic mass is 10.1. The van der Waals surface area contributed by atoms with Crippen molar-refractivity contribution < 1.29 is 15.2 Å². The molecule has 0 aliphatic rings. The van der Waals surface area contributed by atoms with E-state index in [9.17, 15) is 0 Å². The summed E-state index contributed by atoms with van der Waals surface area (Å²) in [6.07, 6.45) is 1.07. The highest BCUT2D eigenvalue weighted by Gasteiger charge is 2.31. The standard InChI is InChI=1S/C6H15NO3/c1-4-6(5-2,10-3)7(8)9/h8-9H,4-5H2,1-3H3. The summed E-state index contributed by atoms with van der Waals surface area (Å²) in [5.74, 6) is 0. The summed E-state index contributed by atoms with van der Waals surface area (Å²) in [6, 6.07) is 0. The quantitative estimate of drug-likeness (QED) is 0.466. The van der Waals surface area contributed by atoms with Gasteiger partial charge in [-0.3, -0.25) is 10.4 Å². The molecular weight excluding hydrogens is 134 g/mol. The molecule has 0 aromatic heterocycles. The Morgan fingerprint density at radius 2 is 1.70 bits per heavy atom. The minimum Gasteiger partial charge on any atom is -0.359 e. The van der Waals surface area contributed by atoms with E-state index in [0.29, 0.717) is 12.8 Å². The minimum atomic E-state index is -0.931. The molecule has 0 aliphatic carbocycles. The fourth-order valence-electron chi connectivity index (χ4n) is 0.903. The number of methoxy groups -OCH3 is 1. The van der Waals surface area contributed by atoms with Gasteiger partial charge < -0.3 is 4.74 Å². The fourth-order valence-corrected chi connectivity index (χ4v) is 0.903. The van der Waals surface area contributed by atoms with Crippen LogP contribution in [0, 0.1) is 0 Å². The molecule has 0 aromatic carbocycles. The highest BCUT2D eigenvalue weighted by molar-refractivity contribution is 4.67. The first-order valence-corrected chi connectivity index (χ1v) is 3.36. The van der Waals surface area contributed by atoms with Crippen LogP contribution in [0.25, 0.3) is 0 Å². The number of nitrogens with zero attached hydrogens (tertiary/aromatic N) is 1. The summed E-state index contributed by atoms with van der Waals surface area (Å²) in [6.45, 7) is 3.65. The van der Waals surface area contributed by atoms with Crippen LogP contribution in [-0.4, -0.2) is 28.5 Å². The third-order valence-electron chi connectivity index (χ3n) is 1.85. The topological polar surface area (TPSA) is 52.9 Å². The molecule has 0 bridgehead atoms. The zero-order valence-electron chi connectivity index (χ0n) is 6.66. The monoisotopic (exact) mass is 149 g/mol. The summed E-state index contributed by atoms with van der Waals surface area (Å²) in [5, 5.41) is 17.6. The molecule has 0 unspecified atom stereocenters. The Balaban J connectivity index is 4.15. The minimum absolute atomic E-state index is 0.132. The number of rotatable bonds is 4. The van der Waals surface area contributed by atoms with Crippen LogP contribution in [0.1, 0.15) is 26.7 Å². The Hall–Kier alpha value is -0.160. The molecule has 62 valence electrons. The molecule has 2 N–H and O–H groups in total. The summed E-state index contributed by atoms with van der Waals surface area (Å²) in [4.78, 5) is 0. The molecule has 4 nitrogen and oxygen atoms in total. The van der Waals surface area contributed by atoms with Crippen LogP contribution in [0.4, 0.5) is 0 Å². The summed E-state index contributed by atoms with van der Waals surface area (Å²) in [5.41, 5.74) is -0.931. The van der Waals surface area contributed by atoms with E-state index in [1.165, 1.54) is 7.11 Å². The highest BCUT2D eigenvalue weighted by Crippen LogP contribution is 2.20. The Morgan fingerprint density at radius 1 is 1.30 bits per heavy atom. The van der Waals surface area contributed by atoms with Gasteiger partial charge in [0.1, 0.15) is 0 Å². The summed E-state index contributed by atoms with van der Waals surface area (Å²) >= 11 is 0. The Morgan fingerprint density at radius 3 is 1.70 bits per heavy atom. The molecule has 0 amide bonds. The van der Waals surface area contributed by atoms with Crippen molar-refractivity contribution in [2.45, 2.75) is 32.4 Å². The molecule has 0 aliphatic heterocycles. The maximum absolute atomic E-state index is 8.73. The Labute approximate surface area is 60.9 Å². The Kier molecular flexibility index (Phi) is 3.81. The second kappa shape index (κ2) is 3.88. The van der Waals surface area contributed by atoms with Gasteiger partial charge >= 0.3 is 0 Å². The predicted octanol–water partition coefficient (Wildman–Crippen LogP) is 1.23. The van der Waals surface area contributed by atoms with Crippen molar-refractivity contribution in [2.75, 3.05) is 7.11 Å². The van der Waals surface area contributed by atoms with Crippen LogP contribution >= 0.6 is 0 Å². The fraction of sp³-hybridized carbons (Fsp3) is 1.00. The van der Waals surface area contributed by atoms with Crippen LogP contribution < -0.4 is 0 Å². The van der Waals surface area contributed by atoms with Gasteiger partial charge in [-0.1, -0.05) is 13.8 Å². The van der Waals surface area contributed by atoms with Gasteiger partial charge in [0.05, 0.1) is 0 Å². The van der Waals surface area contributed by atoms with E-state index in [1.54, 1.807) is 0 Å². The van der Waals surface area contributed by atoms with Crippen molar-refractivity contribution in [2.24, 2.45) is 0 Å². The van der Waals surface area contributed by atoms with E-state index in [0.717, 1.165) is 0 Å². The van der Waals surface area contributed by atoms with E-state index < -0.39 is 5.72 Å². The normalized spacial score (nSPS) is 12.6. The molecule has 0 heterocycles. The van der Waals surface area contributed by atoms with Gasteiger partial charge in [-0.15, -0.1) is 0 Å². The van der Waals surface area contributed by atoms with Gasteiger partial charge in [0.15, 0.2) is 5.72 Å². The first-order valence-electron chi connectivity index (χ1n) is 3.36. The van der Waals surface area contributed by atoms with Crippen LogP contribution in [0.5, 0.6) is 0 Å². The van der Waals surface area contributed by atoms with Gasteiger partial charge in [-0.2, -0.15) is 0 Å². The van der Waals surface area contributed by atoms with E-state index in [4.69, 9.17) is 15.2 Å². The van der Waals surface area contributed by atoms with Crippen molar-refractivity contribution in [1.82, 2.24) is 5.23 Å². The van der Waals surface area contributed by atoms with E-state index in [1.807, 2.05) is 13.8 Å². The highest BCUT2D eigenvalue weighted by atomic mass is 16.8. The molecule has 4 heteroatoms. The third-order valence-corrected chi connectivity index (χ3v) is 1.85. The van der Waals surface area contributed by atoms with E-state index in [-0.39, 0.29) is 5.23 Å². The average Bonchev–Trinajstić information content (AvgIpc) is 1.92. The van der Waals surface area contributed by atoms with Gasteiger partial charge in [0, 0.05) is 7.11 Å². The van der Waals surface area contributed by atoms with Gasteiger partial charge in [0.25, 0.3) is 0 Å². The van der Waals surface area contributed by atoms with Crippen molar-refractivity contribution in [1.29, 1.82) is 0 Å². The van der Waals surface area contributed by atoms with Crippen molar-refractivity contribution in [3.63, 3.8) is 0 Å². The summed E-state index contributed by atoms with van der Waals surface area (Å²) < 4.78 is 4.92. The van der Waals surface area contributed by atoms with E-state index in [2.05, 4.69) is 0 Å². The first kappa shape index (κ1) is 9.84. The maximum atomic E-state index is 8.73. The van der Waals surface area contributed by atoms with Crippen molar-refractivity contribution >= 4 is 0 Å². The molecular formula is C6H15NO3. The third kappa shape index (κ3) is 1.67. The number of hydrogen-bond acceptors (Lipinski definition) is 4. The van der Waals surface area contributed by atoms with Crippen molar-refractivity contribution in [3.05, 3.63) is 0 Å². The average molecular weight is 149 g/mol. The van der Waals surface area contributed by atoms with Crippen LogP contribution in [0.2, 0.25) is 0 Å². The summed E-state index contributed by atoms with van der Waals surface area (Å²) in [7, 11) is 1.45. The lowest BCUT2D eigenvalue weighted by Gasteiger charge is -2.32. The largest absolute Gasteiger partial charge is 0.359 e. The number of hydrogen-bond donors (Lipinski definition) is 2. The smallest absolute Gasteiger partial charge is 0.169 e. The zero-order valence-corrected chi connectivity index (χ0v) is 6.66.